The zero-order valence-electron chi connectivity index (χ0n) is 11.7. The van der Waals surface area contributed by atoms with Gasteiger partial charge in [-0.05, 0) is 50.8 Å². The maximum Gasteiger partial charge on any atom is 0.220 e. The Hall–Kier alpha value is -1.36. The molecule has 2 N–H and O–H groups in total. The predicted molar refractivity (Wildman–Crippen MR) is 74.8 cm³/mol. The van der Waals surface area contributed by atoms with Crippen molar-refractivity contribution in [3.05, 3.63) is 18.0 Å². The van der Waals surface area contributed by atoms with Crippen LogP contribution in [0.25, 0.3) is 0 Å². The summed E-state index contributed by atoms with van der Waals surface area (Å²) in [6, 6.07) is 0. The number of aromatic nitrogens is 2. The summed E-state index contributed by atoms with van der Waals surface area (Å²) >= 11 is 0. The molecule has 5 nitrogen and oxygen atoms in total. The number of carbonyl (C=O) groups is 1. The molecule has 1 amide bonds. The fourth-order valence-electron chi connectivity index (χ4n) is 2.69. The predicted octanol–water partition coefficient (Wildman–Crippen LogP) is 1.19. The van der Waals surface area contributed by atoms with E-state index in [0.29, 0.717) is 6.42 Å². The molecule has 1 unspecified atom stereocenters. The molecule has 2 rings (SSSR count). The van der Waals surface area contributed by atoms with Crippen molar-refractivity contribution in [3.8, 4) is 0 Å². The van der Waals surface area contributed by atoms with Crippen LogP contribution in [0.2, 0.25) is 0 Å². The van der Waals surface area contributed by atoms with Crippen molar-refractivity contribution in [2.75, 3.05) is 26.7 Å². The lowest BCUT2D eigenvalue weighted by Crippen LogP contribution is -2.34. The standard InChI is InChI=1S/C14H24N4O/c1-18-8-2-3-12(11-18)6-7-15-14(19)5-4-13-9-16-17-10-13/h9-10,12H,2-8,11H2,1H3,(H,15,19)(H,16,17). The van der Waals surface area contributed by atoms with Gasteiger partial charge in [0, 0.05) is 25.7 Å². The first-order valence-corrected chi connectivity index (χ1v) is 7.17. The molecule has 19 heavy (non-hydrogen) atoms. The van der Waals surface area contributed by atoms with Gasteiger partial charge in [-0.15, -0.1) is 0 Å². The molecule has 1 aromatic heterocycles. The SMILES string of the molecule is CN1CCCC(CCNC(=O)CCc2cn[nH]c2)C1. The van der Waals surface area contributed by atoms with E-state index < -0.39 is 0 Å². The third kappa shape index (κ3) is 5.03. The number of amides is 1. The van der Waals surface area contributed by atoms with Gasteiger partial charge in [-0.1, -0.05) is 0 Å². The number of H-pyrrole nitrogens is 1. The Kier molecular flexibility index (Phi) is 5.39. The van der Waals surface area contributed by atoms with E-state index in [1.54, 1.807) is 6.20 Å². The average molecular weight is 264 g/mol. The monoisotopic (exact) mass is 264 g/mol. The number of hydrogen-bond donors (Lipinski definition) is 2. The molecule has 1 fully saturated rings. The number of nitrogens with zero attached hydrogens (tertiary/aromatic N) is 2. The number of rotatable bonds is 6. The molecule has 2 heterocycles. The van der Waals surface area contributed by atoms with Gasteiger partial charge in [-0.3, -0.25) is 9.89 Å². The minimum atomic E-state index is 0.144. The van der Waals surface area contributed by atoms with Crippen molar-refractivity contribution in [2.24, 2.45) is 5.92 Å². The smallest absolute Gasteiger partial charge is 0.220 e. The van der Waals surface area contributed by atoms with E-state index in [2.05, 4.69) is 27.5 Å². The van der Waals surface area contributed by atoms with E-state index in [1.165, 1.54) is 25.9 Å². The third-order valence-corrected chi connectivity index (χ3v) is 3.79. The zero-order chi connectivity index (χ0) is 13.5. The van der Waals surface area contributed by atoms with Crippen molar-refractivity contribution in [1.82, 2.24) is 20.4 Å². The van der Waals surface area contributed by atoms with Gasteiger partial charge in [0.15, 0.2) is 0 Å². The highest BCUT2D eigenvalue weighted by Gasteiger charge is 2.16. The Morgan fingerprint density at radius 3 is 3.26 bits per heavy atom. The van der Waals surface area contributed by atoms with Gasteiger partial charge in [0.05, 0.1) is 6.20 Å². The van der Waals surface area contributed by atoms with E-state index in [4.69, 9.17) is 0 Å². The summed E-state index contributed by atoms with van der Waals surface area (Å²) in [7, 11) is 2.18. The van der Waals surface area contributed by atoms with Crippen LogP contribution in [0.1, 0.15) is 31.2 Å². The Labute approximate surface area is 114 Å². The zero-order valence-corrected chi connectivity index (χ0v) is 11.7. The summed E-state index contributed by atoms with van der Waals surface area (Å²) < 4.78 is 0. The molecule has 1 aliphatic heterocycles. The molecule has 0 spiro atoms. The van der Waals surface area contributed by atoms with Crippen molar-refractivity contribution < 1.29 is 4.79 Å². The summed E-state index contributed by atoms with van der Waals surface area (Å²) in [5.74, 6) is 0.887. The maximum absolute atomic E-state index is 11.7. The van der Waals surface area contributed by atoms with E-state index >= 15 is 0 Å². The molecule has 1 aromatic rings. The van der Waals surface area contributed by atoms with Gasteiger partial charge in [-0.2, -0.15) is 5.10 Å². The first kappa shape index (κ1) is 14.1. The molecule has 1 atom stereocenters. The fourth-order valence-corrected chi connectivity index (χ4v) is 2.69. The van der Waals surface area contributed by atoms with Crippen LogP contribution in [0.5, 0.6) is 0 Å². The molecule has 0 radical (unpaired) electrons. The van der Waals surface area contributed by atoms with E-state index in [-0.39, 0.29) is 5.91 Å². The Morgan fingerprint density at radius 2 is 2.53 bits per heavy atom. The summed E-state index contributed by atoms with van der Waals surface area (Å²) in [6.45, 7) is 3.20. The number of piperidine rings is 1. The van der Waals surface area contributed by atoms with Crippen molar-refractivity contribution in [2.45, 2.75) is 32.1 Å². The Balaban J connectivity index is 1.56. The van der Waals surface area contributed by atoms with E-state index in [1.807, 2.05) is 6.20 Å². The summed E-state index contributed by atoms with van der Waals surface area (Å²) in [4.78, 5) is 14.1. The molecule has 0 bridgehead atoms. The highest BCUT2D eigenvalue weighted by molar-refractivity contribution is 5.76. The molecule has 1 aliphatic rings. The minimum absolute atomic E-state index is 0.144. The summed E-state index contributed by atoms with van der Waals surface area (Å²) in [5, 5.41) is 9.65. The second-order valence-corrected chi connectivity index (χ2v) is 5.52. The van der Waals surface area contributed by atoms with Crippen LogP contribution in [0.3, 0.4) is 0 Å². The van der Waals surface area contributed by atoms with Gasteiger partial charge in [0.2, 0.25) is 5.91 Å². The summed E-state index contributed by atoms with van der Waals surface area (Å²) in [6.07, 6.45) is 8.60. The Morgan fingerprint density at radius 1 is 1.63 bits per heavy atom. The van der Waals surface area contributed by atoms with Crippen LogP contribution in [-0.4, -0.2) is 47.7 Å². The van der Waals surface area contributed by atoms with E-state index in [9.17, 15) is 4.79 Å². The largest absolute Gasteiger partial charge is 0.356 e. The molecule has 0 aromatic carbocycles. The molecule has 106 valence electrons. The first-order valence-electron chi connectivity index (χ1n) is 7.17. The topological polar surface area (TPSA) is 61.0 Å². The molecule has 5 heteroatoms. The minimum Gasteiger partial charge on any atom is -0.356 e. The van der Waals surface area contributed by atoms with Crippen molar-refractivity contribution in [3.63, 3.8) is 0 Å². The molecular weight excluding hydrogens is 240 g/mol. The lowest BCUT2D eigenvalue weighted by atomic mass is 9.95. The third-order valence-electron chi connectivity index (χ3n) is 3.79. The molecular formula is C14H24N4O. The molecule has 0 saturated carbocycles. The van der Waals surface area contributed by atoms with Crippen molar-refractivity contribution >= 4 is 5.91 Å². The second kappa shape index (κ2) is 7.28. The number of aromatic amines is 1. The lowest BCUT2D eigenvalue weighted by molar-refractivity contribution is -0.121. The van der Waals surface area contributed by atoms with Crippen LogP contribution in [0.15, 0.2) is 12.4 Å². The molecule has 0 aliphatic carbocycles. The van der Waals surface area contributed by atoms with Gasteiger partial charge in [0.25, 0.3) is 0 Å². The molecule has 1 saturated heterocycles. The van der Waals surface area contributed by atoms with Gasteiger partial charge in [0.1, 0.15) is 0 Å². The highest BCUT2D eigenvalue weighted by atomic mass is 16.1. The average Bonchev–Trinajstić information content (AvgIpc) is 2.89. The first-order chi connectivity index (χ1) is 9.24. The van der Waals surface area contributed by atoms with Crippen LogP contribution in [-0.2, 0) is 11.2 Å². The number of likely N-dealkylation sites (tertiary alicyclic amines) is 1. The maximum atomic E-state index is 11.7. The summed E-state index contributed by atoms with van der Waals surface area (Å²) in [5.41, 5.74) is 1.09. The van der Waals surface area contributed by atoms with Crippen LogP contribution < -0.4 is 5.32 Å². The van der Waals surface area contributed by atoms with Crippen LogP contribution in [0, 0.1) is 5.92 Å². The van der Waals surface area contributed by atoms with Gasteiger partial charge >= 0.3 is 0 Å². The number of nitrogens with one attached hydrogen (secondary N) is 2. The Bertz CT molecular complexity index is 377. The van der Waals surface area contributed by atoms with Crippen LogP contribution >= 0.6 is 0 Å². The number of hydrogen-bond acceptors (Lipinski definition) is 3. The number of aryl methyl sites for hydroxylation is 1. The van der Waals surface area contributed by atoms with E-state index in [0.717, 1.165) is 30.9 Å². The van der Waals surface area contributed by atoms with Gasteiger partial charge < -0.3 is 10.2 Å². The number of carbonyl (C=O) groups excluding carboxylic acids is 1. The normalized spacial score (nSPS) is 20.4. The van der Waals surface area contributed by atoms with Gasteiger partial charge in [-0.25, -0.2) is 0 Å². The highest BCUT2D eigenvalue weighted by Crippen LogP contribution is 2.17. The van der Waals surface area contributed by atoms with Crippen molar-refractivity contribution in [1.29, 1.82) is 0 Å². The lowest BCUT2D eigenvalue weighted by Gasteiger charge is -2.29. The van der Waals surface area contributed by atoms with Crippen LogP contribution in [0.4, 0.5) is 0 Å². The fraction of sp³-hybridized carbons (Fsp3) is 0.714. The second-order valence-electron chi connectivity index (χ2n) is 5.52. The quantitative estimate of drug-likeness (QED) is 0.811.